The van der Waals surface area contributed by atoms with Crippen molar-refractivity contribution in [3.05, 3.63) is 17.0 Å². The zero-order valence-corrected chi connectivity index (χ0v) is 14.8. The minimum absolute atomic E-state index is 0.106. The van der Waals surface area contributed by atoms with Crippen molar-refractivity contribution in [1.29, 1.82) is 0 Å². The molecule has 1 aromatic rings. The van der Waals surface area contributed by atoms with E-state index in [1.165, 1.54) is 0 Å². The van der Waals surface area contributed by atoms with E-state index >= 15 is 0 Å². The molecule has 23 heavy (non-hydrogen) atoms. The van der Waals surface area contributed by atoms with E-state index in [-0.39, 0.29) is 11.8 Å². The molecule has 1 fully saturated rings. The second-order valence-electron chi connectivity index (χ2n) is 6.27. The highest BCUT2D eigenvalue weighted by Crippen LogP contribution is 2.19. The molecule has 0 saturated carbocycles. The van der Waals surface area contributed by atoms with Crippen LogP contribution in [0, 0.1) is 19.8 Å². The van der Waals surface area contributed by atoms with Crippen molar-refractivity contribution in [2.75, 3.05) is 25.9 Å². The molecule has 7 nitrogen and oxygen atoms in total. The summed E-state index contributed by atoms with van der Waals surface area (Å²) in [6.45, 7) is 5.49. The Morgan fingerprint density at radius 3 is 2.78 bits per heavy atom. The van der Waals surface area contributed by atoms with Gasteiger partial charge in [0.2, 0.25) is 15.9 Å². The van der Waals surface area contributed by atoms with Crippen molar-refractivity contribution in [2.24, 2.45) is 5.92 Å². The number of nitrogens with one attached hydrogen (secondary N) is 1. The van der Waals surface area contributed by atoms with Crippen molar-refractivity contribution in [1.82, 2.24) is 14.8 Å². The molecule has 8 heteroatoms. The average molecular weight is 343 g/mol. The zero-order valence-electron chi connectivity index (χ0n) is 14.0. The smallest absolute Gasteiger partial charge is 0.222 e. The van der Waals surface area contributed by atoms with Gasteiger partial charge in [-0.15, -0.1) is 0 Å². The maximum absolute atomic E-state index is 12.4. The van der Waals surface area contributed by atoms with E-state index in [1.54, 1.807) is 0 Å². The number of sulfonamides is 1. The number of carbonyl (C=O) groups excluding carboxylic acids is 1. The minimum Gasteiger partial charge on any atom is -0.361 e. The number of hydrogen-bond donors (Lipinski definition) is 1. The third-order valence-corrected chi connectivity index (χ3v) is 4.97. The first-order valence-corrected chi connectivity index (χ1v) is 9.79. The van der Waals surface area contributed by atoms with E-state index in [4.69, 9.17) is 4.52 Å². The molecule has 0 unspecified atom stereocenters. The second kappa shape index (κ2) is 7.44. The predicted octanol–water partition coefficient (Wildman–Crippen LogP) is 1.01. The number of hydrogen-bond acceptors (Lipinski definition) is 5. The van der Waals surface area contributed by atoms with E-state index in [2.05, 4.69) is 9.88 Å². The van der Waals surface area contributed by atoms with Crippen LogP contribution in [0.3, 0.4) is 0 Å². The number of piperidine rings is 1. The van der Waals surface area contributed by atoms with Gasteiger partial charge in [0.1, 0.15) is 5.76 Å². The Hall–Kier alpha value is -1.41. The molecule has 1 aliphatic heterocycles. The molecule has 0 radical (unpaired) electrons. The van der Waals surface area contributed by atoms with Crippen molar-refractivity contribution < 1.29 is 17.7 Å². The van der Waals surface area contributed by atoms with Gasteiger partial charge in [0, 0.05) is 31.6 Å². The van der Waals surface area contributed by atoms with Gasteiger partial charge < -0.3 is 9.42 Å². The van der Waals surface area contributed by atoms with Crippen LogP contribution in [0.4, 0.5) is 0 Å². The normalized spacial score (nSPS) is 19.1. The van der Waals surface area contributed by atoms with Crippen LogP contribution < -0.4 is 4.72 Å². The standard InChI is InChI=1S/C15H25N3O4S/c1-11-14(12(2)22-17-11)6-7-15(19)18-8-4-5-13(10-18)9-16-23(3,20)21/h13,16H,4-10H2,1-3H3/t13-/m0/s1. The van der Waals surface area contributed by atoms with Crippen LogP contribution in [-0.4, -0.2) is 50.3 Å². The van der Waals surface area contributed by atoms with Gasteiger partial charge in [0.15, 0.2) is 0 Å². The van der Waals surface area contributed by atoms with Crippen LogP contribution in [0.25, 0.3) is 0 Å². The van der Waals surface area contributed by atoms with Gasteiger partial charge in [0.05, 0.1) is 11.9 Å². The van der Waals surface area contributed by atoms with E-state index in [9.17, 15) is 13.2 Å². The third kappa shape index (κ3) is 5.31. The lowest BCUT2D eigenvalue weighted by Crippen LogP contribution is -2.43. The molecule has 0 spiro atoms. The van der Waals surface area contributed by atoms with Crippen LogP contribution in [0.15, 0.2) is 4.52 Å². The number of amides is 1. The largest absolute Gasteiger partial charge is 0.361 e. The molecular formula is C15H25N3O4S. The van der Waals surface area contributed by atoms with Crippen LogP contribution >= 0.6 is 0 Å². The Morgan fingerprint density at radius 2 is 2.17 bits per heavy atom. The van der Waals surface area contributed by atoms with E-state index in [0.717, 1.165) is 42.7 Å². The van der Waals surface area contributed by atoms with Crippen LogP contribution in [0.5, 0.6) is 0 Å². The summed E-state index contributed by atoms with van der Waals surface area (Å²) in [6.07, 6.45) is 4.06. The molecule has 0 bridgehead atoms. The zero-order chi connectivity index (χ0) is 17.0. The molecule has 1 amide bonds. The number of aromatic nitrogens is 1. The third-order valence-electron chi connectivity index (χ3n) is 4.28. The molecule has 130 valence electrons. The summed E-state index contributed by atoms with van der Waals surface area (Å²) in [5.74, 6) is 1.06. The Balaban J connectivity index is 1.84. The van der Waals surface area contributed by atoms with Gasteiger partial charge in [-0.2, -0.15) is 0 Å². The fourth-order valence-electron chi connectivity index (χ4n) is 2.98. The summed E-state index contributed by atoms with van der Waals surface area (Å²) in [7, 11) is -3.18. The molecule has 0 aromatic carbocycles. The van der Waals surface area contributed by atoms with Crippen LogP contribution in [-0.2, 0) is 21.2 Å². The average Bonchev–Trinajstić information content (AvgIpc) is 2.81. The predicted molar refractivity (Wildman–Crippen MR) is 86.4 cm³/mol. The fraction of sp³-hybridized carbons (Fsp3) is 0.733. The summed E-state index contributed by atoms with van der Waals surface area (Å²) in [4.78, 5) is 14.2. The Kier molecular flexibility index (Phi) is 5.80. The molecule has 1 saturated heterocycles. The van der Waals surface area contributed by atoms with Gasteiger partial charge in [-0.3, -0.25) is 4.79 Å². The molecule has 0 aliphatic carbocycles. The topological polar surface area (TPSA) is 92.5 Å². The first-order chi connectivity index (χ1) is 10.8. The summed E-state index contributed by atoms with van der Waals surface area (Å²) in [5, 5.41) is 3.90. The quantitative estimate of drug-likeness (QED) is 0.832. The lowest BCUT2D eigenvalue weighted by Gasteiger charge is -2.32. The van der Waals surface area contributed by atoms with Gasteiger partial charge in [0.25, 0.3) is 0 Å². The van der Waals surface area contributed by atoms with E-state index in [0.29, 0.717) is 25.9 Å². The van der Waals surface area contributed by atoms with Crippen LogP contribution in [0.2, 0.25) is 0 Å². The van der Waals surface area contributed by atoms with Crippen LogP contribution in [0.1, 0.15) is 36.3 Å². The summed E-state index contributed by atoms with van der Waals surface area (Å²) >= 11 is 0. The lowest BCUT2D eigenvalue weighted by atomic mass is 9.97. The molecule has 1 N–H and O–H groups in total. The van der Waals surface area contributed by atoms with Gasteiger partial charge >= 0.3 is 0 Å². The molecular weight excluding hydrogens is 318 g/mol. The Labute approximate surface area is 137 Å². The number of carbonyl (C=O) groups is 1. The number of likely N-dealkylation sites (tertiary alicyclic amines) is 1. The summed E-state index contributed by atoms with van der Waals surface area (Å²) < 4.78 is 30.0. The highest BCUT2D eigenvalue weighted by atomic mass is 32.2. The number of rotatable bonds is 6. The lowest BCUT2D eigenvalue weighted by molar-refractivity contribution is -0.132. The minimum atomic E-state index is -3.18. The van der Waals surface area contributed by atoms with Gasteiger partial charge in [-0.1, -0.05) is 5.16 Å². The summed E-state index contributed by atoms with van der Waals surface area (Å²) in [6, 6.07) is 0. The number of nitrogens with zero attached hydrogens (tertiary/aromatic N) is 2. The Bertz CT molecular complexity index is 634. The van der Waals surface area contributed by atoms with Crippen molar-refractivity contribution >= 4 is 15.9 Å². The van der Waals surface area contributed by atoms with E-state index < -0.39 is 10.0 Å². The molecule has 2 heterocycles. The first-order valence-electron chi connectivity index (χ1n) is 7.90. The maximum Gasteiger partial charge on any atom is 0.222 e. The molecule has 2 rings (SSSR count). The first kappa shape index (κ1) is 17.9. The second-order valence-corrected chi connectivity index (χ2v) is 8.10. The van der Waals surface area contributed by atoms with Crippen molar-refractivity contribution in [3.63, 3.8) is 0 Å². The van der Waals surface area contributed by atoms with Crippen molar-refractivity contribution in [3.8, 4) is 0 Å². The number of aryl methyl sites for hydroxylation is 2. The SMILES string of the molecule is Cc1noc(C)c1CCC(=O)N1CCC[C@@H](CNS(C)(=O)=O)C1. The highest BCUT2D eigenvalue weighted by molar-refractivity contribution is 7.88. The fourth-order valence-corrected chi connectivity index (χ4v) is 3.51. The molecule has 1 aromatic heterocycles. The van der Waals surface area contributed by atoms with Crippen molar-refractivity contribution in [2.45, 2.75) is 39.5 Å². The monoisotopic (exact) mass is 343 g/mol. The Morgan fingerprint density at radius 1 is 1.43 bits per heavy atom. The van der Waals surface area contributed by atoms with Gasteiger partial charge in [-0.25, -0.2) is 13.1 Å². The highest BCUT2D eigenvalue weighted by Gasteiger charge is 2.24. The molecule has 1 aliphatic rings. The summed E-state index contributed by atoms with van der Waals surface area (Å²) in [5.41, 5.74) is 1.84. The van der Waals surface area contributed by atoms with Gasteiger partial charge in [-0.05, 0) is 39.0 Å². The maximum atomic E-state index is 12.4. The van der Waals surface area contributed by atoms with E-state index in [1.807, 2.05) is 18.7 Å². The molecule has 1 atom stereocenters.